The van der Waals surface area contributed by atoms with E-state index >= 15 is 0 Å². The van der Waals surface area contributed by atoms with Gasteiger partial charge in [0.1, 0.15) is 5.82 Å². The third kappa shape index (κ3) is 3.77. The average molecular weight is 297 g/mol. The van der Waals surface area contributed by atoms with Crippen molar-refractivity contribution in [1.82, 2.24) is 15.0 Å². The molecule has 0 aliphatic rings. The Morgan fingerprint density at radius 2 is 2.10 bits per heavy atom. The maximum atomic E-state index is 13.7. The van der Waals surface area contributed by atoms with Gasteiger partial charge in [0, 0.05) is 0 Å². The summed E-state index contributed by atoms with van der Waals surface area (Å²) < 4.78 is 19.0. The summed E-state index contributed by atoms with van der Waals surface area (Å²) in [6, 6.07) is 4.92. The van der Waals surface area contributed by atoms with Crippen molar-refractivity contribution in [3.05, 3.63) is 34.9 Å². The van der Waals surface area contributed by atoms with Crippen molar-refractivity contribution in [3.8, 4) is 6.01 Å². The molecule has 1 N–H and O–H groups in total. The maximum Gasteiger partial charge on any atom is 0.322 e. The number of aryl methyl sites for hydroxylation is 1. The fourth-order valence-electron chi connectivity index (χ4n) is 1.49. The molecule has 2 aromatic rings. The van der Waals surface area contributed by atoms with Gasteiger partial charge >= 0.3 is 6.01 Å². The molecule has 1 aromatic heterocycles. The van der Waals surface area contributed by atoms with Crippen molar-refractivity contribution in [2.75, 3.05) is 11.9 Å². The second-order valence-corrected chi connectivity index (χ2v) is 4.51. The molecule has 0 fully saturated rings. The molecule has 20 heavy (non-hydrogen) atoms. The lowest BCUT2D eigenvalue weighted by molar-refractivity contribution is 0.292. The summed E-state index contributed by atoms with van der Waals surface area (Å²) in [5.74, 6) is -0.253. The molecule has 0 spiro atoms. The van der Waals surface area contributed by atoms with Gasteiger partial charge in [0.2, 0.25) is 11.2 Å². The quantitative estimate of drug-likeness (QED) is 0.915. The molecule has 0 unspecified atom stereocenters. The number of hydrogen-bond donors (Lipinski definition) is 1. The molecule has 0 radical (unpaired) electrons. The number of benzene rings is 1. The Hall–Kier alpha value is -1.95. The maximum absolute atomic E-state index is 13.7. The van der Waals surface area contributed by atoms with Crippen LogP contribution >= 0.6 is 11.6 Å². The number of hydrogen-bond acceptors (Lipinski definition) is 5. The van der Waals surface area contributed by atoms with Gasteiger partial charge in [-0.3, -0.25) is 0 Å². The molecule has 0 amide bonds. The number of aromatic nitrogens is 3. The summed E-state index contributed by atoms with van der Waals surface area (Å²) in [5.41, 5.74) is 1.09. The van der Waals surface area contributed by atoms with E-state index in [4.69, 9.17) is 16.3 Å². The minimum atomic E-state index is -0.391. The lowest BCUT2D eigenvalue weighted by atomic mass is 10.2. The SMILES string of the molecule is CCCOc1nc(Cl)nc(Nc2ccc(C)cc2F)n1. The highest BCUT2D eigenvalue weighted by Gasteiger charge is 2.09. The van der Waals surface area contributed by atoms with Crippen molar-refractivity contribution in [1.29, 1.82) is 0 Å². The molecule has 0 aliphatic carbocycles. The number of rotatable bonds is 5. The molecule has 1 heterocycles. The first-order valence-corrected chi connectivity index (χ1v) is 6.54. The number of ether oxygens (including phenoxy) is 1. The molecule has 0 aliphatic heterocycles. The molecule has 0 saturated carbocycles. The van der Waals surface area contributed by atoms with E-state index < -0.39 is 5.82 Å². The molecular formula is C13H14ClFN4O. The second kappa shape index (κ2) is 6.47. The first-order chi connectivity index (χ1) is 9.58. The number of halogens is 2. The van der Waals surface area contributed by atoms with Crippen molar-refractivity contribution in [2.45, 2.75) is 20.3 Å². The van der Waals surface area contributed by atoms with E-state index in [0.29, 0.717) is 6.61 Å². The Labute approximate surface area is 121 Å². The fraction of sp³-hybridized carbons (Fsp3) is 0.308. The van der Waals surface area contributed by atoms with Crippen LogP contribution in [-0.2, 0) is 0 Å². The lowest BCUT2D eigenvalue weighted by Crippen LogP contribution is -2.05. The van der Waals surface area contributed by atoms with Gasteiger partial charge in [-0.15, -0.1) is 0 Å². The zero-order valence-electron chi connectivity index (χ0n) is 11.2. The summed E-state index contributed by atoms with van der Waals surface area (Å²) >= 11 is 5.78. The first kappa shape index (κ1) is 14.5. The van der Waals surface area contributed by atoms with E-state index in [0.717, 1.165) is 12.0 Å². The van der Waals surface area contributed by atoms with Gasteiger partial charge in [-0.05, 0) is 42.6 Å². The summed E-state index contributed by atoms with van der Waals surface area (Å²) in [7, 11) is 0. The van der Waals surface area contributed by atoms with E-state index in [1.807, 2.05) is 13.8 Å². The minimum absolute atomic E-state index is 0.0128. The zero-order chi connectivity index (χ0) is 14.5. The molecule has 0 atom stereocenters. The van der Waals surface area contributed by atoms with Crippen molar-refractivity contribution >= 4 is 23.2 Å². The summed E-state index contributed by atoms with van der Waals surface area (Å²) in [5, 5.41) is 2.74. The Kier molecular flexibility index (Phi) is 4.68. The number of nitrogens with one attached hydrogen (secondary N) is 1. The molecule has 0 bridgehead atoms. The average Bonchev–Trinajstić information content (AvgIpc) is 2.39. The van der Waals surface area contributed by atoms with Gasteiger partial charge in [-0.1, -0.05) is 13.0 Å². The Bertz CT molecular complexity index is 609. The fourth-order valence-corrected chi connectivity index (χ4v) is 1.64. The van der Waals surface area contributed by atoms with Gasteiger partial charge in [-0.2, -0.15) is 15.0 Å². The topological polar surface area (TPSA) is 59.9 Å². The van der Waals surface area contributed by atoms with Gasteiger partial charge in [-0.25, -0.2) is 4.39 Å². The third-order valence-corrected chi connectivity index (χ3v) is 2.56. The van der Waals surface area contributed by atoms with Crippen LogP contribution in [0.2, 0.25) is 5.28 Å². The predicted molar refractivity (Wildman–Crippen MR) is 75.0 cm³/mol. The number of anilines is 2. The largest absolute Gasteiger partial charge is 0.463 e. The minimum Gasteiger partial charge on any atom is -0.463 e. The van der Waals surface area contributed by atoms with Gasteiger partial charge in [0.15, 0.2) is 0 Å². The van der Waals surface area contributed by atoms with Crippen LogP contribution in [0, 0.1) is 12.7 Å². The lowest BCUT2D eigenvalue weighted by Gasteiger charge is -2.08. The molecule has 7 heteroatoms. The van der Waals surface area contributed by atoms with E-state index in [2.05, 4.69) is 20.3 Å². The molecule has 0 saturated heterocycles. The van der Waals surface area contributed by atoms with Crippen molar-refractivity contribution in [2.24, 2.45) is 0 Å². The van der Waals surface area contributed by atoms with E-state index in [1.54, 1.807) is 12.1 Å². The van der Waals surface area contributed by atoms with Crippen LogP contribution in [0.5, 0.6) is 6.01 Å². The molecule has 106 valence electrons. The Morgan fingerprint density at radius 1 is 1.30 bits per heavy atom. The standard InChI is InChI=1S/C13H14ClFN4O/c1-3-6-20-13-18-11(14)17-12(19-13)16-10-5-4-8(2)7-9(10)15/h4-5,7H,3,6H2,1-2H3,(H,16,17,18,19). The van der Waals surface area contributed by atoms with Crippen LogP contribution in [0.3, 0.4) is 0 Å². The van der Waals surface area contributed by atoms with Crippen LogP contribution < -0.4 is 10.1 Å². The predicted octanol–water partition coefficient (Wildman–Crippen LogP) is 3.50. The van der Waals surface area contributed by atoms with E-state index in [1.165, 1.54) is 6.07 Å². The smallest absolute Gasteiger partial charge is 0.322 e. The third-order valence-electron chi connectivity index (χ3n) is 2.39. The van der Waals surface area contributed by atoms with Crippen LogP contribution in [0.1, 0.15) is 18.9 Å². The number of nitrogens with zero attached hydrogens (tertiary/aromatic N) is 3. The highest BCUT2D eigenvalue weighted by atomic mass is 35.5. The van der Waals surface area contributed by atoms with Gasteiger partial charge < -0.3 is 10.1 Å². The molecular weight excluding hydrogens is 283 g/mol. The van der Waals surface area contributed by atoms with Crippen molar-refractivity contribution in [3.63, 3.8) is 0 Å². The van der Waals surface area contributed by atoms with E-state index in [-0.39, 0.29) is 22.9 Å². The summed E-state index contributed by atoms with van der Waals surface area (Å²) in [6.45, 7) is 4.24. The molecule has 2 rings (SSSR count). The van der Waals surface area contributed by atoms with Crippen molar-refractivity contribution < 1.29 is 9.13 Å². The van der Waals surface area contributed by atoms with Gasteiger partial charge in [0.25, 0.3) is 0 Å². The summed E-state index contributed by atoms with van der Waals surface area (Å²) in [6.07, 6.45) is 0.818. The van der Waals surface area contributed by atoms with E-state index in [9.17, 15) is 4.39 Å². The Morgan fingerprint density at radius 3 is 2.80 bits per heavy atom. The molecule has 1 aromatic carbocycles. The second-order valence-electron chi connectivity index (χ2n) is 4.17. The van der Waals surface area contributed by atoms with Gasteiger partial charge in [0.05, 0.1) is 12.3 Å². The monoisotopic (exact) mass is 296 g/mol. The summed E-state index contributed by atoms with van der Waals surface area (Å²) in [4.78, 5) is 11.7. The highest BCUT2D eigenvalue weighted by Crippen LogP contribution is 2.20. The van der Waals surface area contributed by atoms with Crippen LogP contribution in [-0.4, -0.2) is 21.6 Å². The first-order valence-electron chi connectivity index (χ1n) is 6.16. The Balaban J connectivity index is 2.21. The van der Waals surface area contributed by atoms with Crippen LogP contribution in [0.25, 0.3) is 0 Å². The normalized spacial score (nSPS) is 10.4. The highest BCUT2D eigenvalue weighted by molar-refractivity contribution is 6.28. The zero-order valence-corrected chi connectivity index (χ0v) is 11.9. The van der Waals surface area contributed by atoms with Crippen LogP contribution in [0.15, 0.2) is 18.2 Å². The van der Waals surface area contributed by atoms with Crippen LogP contribution in [0.4, 0.5) is 16.0 Å². The molecule has 5 nitrogen and oxygen atoms in total.